The second-order valence-electron chi connectivity index (χ2n) is 4.42. The van der Waals surface area contributed by atoms with Gasteiger partial charge in [-0.1, -0.05) is 29.9 Å². The van der Waals surface area contributed by atoms with Crippen molar-refractivity contribution in [1.29, 1.82) is 0 Å². The van der Waals surface area contributed by atoms with E-state index < -0.39 is 0 Å². The van der Waals surface area contributed by atoms with Crippen molar-refractivity contribution in [2.75, 3.05) is 13.1 Å². The minimum Gasteiger partial charge on any atom is -0.393 e. The topological polar surface area (TPSA) is 46.3 Å². The normalized spacial score (nSPS) is 10.2. The van der Waals surface area contributed by atoms with E-state index in [-0.39, 0.29) is 5.91 Å². The molecule has 2 N–H and O–H groups in total. The van der Waals surface area contributed by atoms with Crippen LogP contribution in [0, 0.1) is 13.8 Å². The fourth-order valence-electron chi connectivity index (χ4n) is 1.87. The van der Waals surface area contributed by atoms with Crippen LogP contribution in [0.25, 0.3) is 0 Å². The fourth-order valence-corrected chi connectivity index (χ4v) is 1.96. The highest BCUT2D eigenvalue weighted by molar-refractivity contribution is 7.80. The number of thiocarbonyl (C=S) groups is 1. The number of hydrogen-bond donors (Lipinski definition) is 1. The summed E-state index contributed by atoms with van der Waals surface area (Å²) in [6.07, 6.45) is 0.569. The molecule has 0 aliphatic carbocycles. The lowest BCUT2D eigenvalue weighted by molar-refractivity contribution is 0.0768. The van der Waals surface area contributed by atoms with Crippen LogP contribution in [0.3, 0.4) is 0 Å². The predicted molar refractivity (Wildman–Crippen MR) is 78.9 cm³/mol. The second-order valence-corrected chi connectivity index (χ2v) is 4.94. The smallest absolute Gasteiger partial charge is 0.254 e. The van der Waals surface area contributed by atoms with Crippen molar-refractivity contribution >= 4 is 23.1 Å². The Kier molecular flexibility index (Phi) is 5.28. The van der Waals surface area contributed by atoms with Crippen LogP contribution >= 0.6 is 12.2 Å². The van der Waals surface area contributed by atoms with Gasteiger partial charge in [0.1, 0.15) is 0 Å². The molecule has 0 aromatic heterocycles. The summed E-state index contributed by atoms with van der Waals surface area (Å²) in [5.41, 5.74) is 8.40. The third-order valence-electron chi connectivity index (χ3n) is 2.91. The molecular formula is C14H20N2OS. The maximum absolute atomic E-state index is 12.4. The molecule has 0 aliphatic heterocycles. The van der Waals surface area contributed by atoms with Crippen LogP contribution in [0.4, 0.5) is 0 Å². The third kappa shape index (κ3) is 3.81. The van der Waals surface area contributed by atoms with E-state index in [1.165, 1.54) is 0 Å². The first kappa shape index (κ1) is 14.6. The van der Waals surface area contributed by atoms with Crippen LogP contribution in [0.15, 0.2) is 18.2 Å². The number of benzene rings is 1. The van der Waals surface area contributed by atoms with Gasteiger partial charge in [-0.05, 0) is 32.4 Å². The van der Waals surface area contributed by atoms with Crippen LogP contribution in [-0.2, 0) is 0 Å². The van der Waals surface area contributed by atoms with Crippen LogP contribution in [-0.4, -0.2) is 28.9 Å². The second kappa shape index (κ2) is 6.50. The minimum atomic E-state index is 0.0475. The molecule has 1 aromatic rings. The van der Waals surface area contributed by atoms with Crippen LogP contribution in [0.2, 0.25) is 0 Å². The average molecular weight is 264 g/mol. The first-order valence-electron chi connectivity index (χ1n) is 6.10. The summed E-state index contributed by atoms with van der Waals surface area (Å²) in [6, 6.07) is 5.87. The third-order valence-corrected chi connectivity index (χ3v) is 3.11. The van der Waals surface area contributed by atoms with Crippen molar-refractivity contribution in [2.24, 2.45) is 5.73 Å². The zero-order valence-electron chi connectivity index (χ0n) is 11.2. The van der Waals surface area contributed by atoms with E-state index in [0.717, 1.165) is 16.7 Å². The van der Waals surface area contributed by atoms with Gasteiger partial charge in [-0.15, -0.1) is 0 Å². The molecule has 1 rings (SSSR count). The molecule has 0 atom stereocenters. The van der Waals surface area contributed by atoms with Crippen molar-refractivity contribution in [1.82, 2.24) is 4.90 Å². The Hall–Kier alpha value is -1.42. The van der Waals surface area contributed by atoms with Gasteiger partial charge in [0.2, 0.25) is 0 Å². The van der Waals surface area contributed by atoms with Gasteiger partial charge in [-0.3, -0.25) is 4.79 Å². The summed E-state index contributed by atoms with van der Waals surface area (Å²) in [5, 5.41) is 0. The van der Waals surface area contributed by atoms with Gasteiger partial charge in [0.25, 0.3) is 5.91 Å². The monoisotopic (exact) mass is 264 g/mol. The lowest BCUT2D eigenvalue weighted by Crippen LogP contribution is -2.34. The van der Waals surface area contributed by atoms with Gasteiger partial charge in [-0.25, -0.2) is 0 Å². The van der Waals surface area contributed by atoms with Gasteiger partial charge < -0.3 is 10.6 Å². The Bertz CT molecular complexity index is 457. The summed E-state index contributed by atoms with van der Waals surface area (Å²) < 4.78 is 0. The van der Waals surface area contributed by atoms with Gasteiger partial charge in [0.05, 0.1) is 4.99 Å². The van der Waals surface area contributed by atoms with Crippen molar-refractivity contribution in [3.63, 3.8) is 0 Å². The number of carbonyl (C=O) groups excluding carboxylic acids is 1. The Morgan fingerprint density at radius 3 is 2.56 bits per heavy atom. The molecule has 0 spiro atoms. The first-order valence-corrected chi connectivity index (χ1v) is 6.51. The number of nitrogens with zero attached hydrogens (tertiary/aromatic N) is 1. The summed E-state index contributed by atoms with van der Waals surface area (Å²) in [7, 11) is 0. The quantitative estimate of drug-likeness (QED) is 0.831. The van der Waals surface area contributed by atoms with Crippen LogP contribution in [0.5, 0.6) is 0 Å². The molecule has 0 bridgehead atoms. The molecule has 0 saturated carbocycles. The van der Waals surface area contributed by atoms with Gasteiger partial charge in [0, 0.05) is 25.1 Å². The standard InChI is InChI=1S/C14H20N2OS/c1-4-16(8-7-13(15)18)14(17)12-6-5-10(2)9-11(12)3/h5-6,9H,4,7-8H2,1-3H3,(H2,15,18). The SMILES string of the molecule is CCN(CCC(N)=S)C(=O)c1ccc(C)cc1C. The minimum absolute atomic E-state index is 0.0475. The van der Waals surface area contributed by atoms with E-state index in [1.807, 2.05) is 39.0 Å². The molecule has 1 amide bonds. The van der Waals surface area contributed by atoms with E-state index in [4.69, 9.17) is 18.0 Å². The molecule has 0 saturated heterocycles. The highest BCUT2D eigenvalue weighted by Gasteiger charge is 2.15. The number of nitrogens with two attached hydrogens (primary N) is 1. The summed E-state index contributed by atoms with van der Waals surface area (Å²) in [6.45, 7) is 7.18. The van der Waals surface area contributed by atoms with Gasteiger partial charge >= 0.3 is 0 Å². The molecule has 3 nitrogen and oxygen atoms in total. The summed E-state index contributed by atoms with van der Waals surface area (Å²) in [5.74, 6) is 0.0475. The zero-order valence-corrected chi connectivity index (χ0v) is 12.0. The van der Waals surface area contributed by atoms with E-state index in [2.05, 4.69) is 0 Å². The van der Waals surface area contributed by atoms with Crippen molar-refractivity contribution in [3.05, 3.63) is 34.9 Å². The molecule has 0 fully saturated rings. The van der Waals surface area contributed by atoms with Crippen molar-refractivity contribution in [3.8, 4) is 0 Å². The molecule has 0 heterocycles. The van der Waals surface area contributed by atoms with Gasteiger partial charge in [-0.2, -0.15) is 0 Å². The Labute approximate surface area is 114 Å². The number of aryl methyl sites for hydroxylation is 2. The molecule has 0 aliphatic rings. The Morgan fingerprint density at radius 2 is 2.06 bits per heavy atom. The maximum atomic E-state index is 12.4. The number of amides is 1. The zero-order chi connectivity index (χ0) is 13.7. The fraction of sp³-hybridized carbons (Fsp3) is 0.429. The highest BCUT2D eigenvalue weighted by atomic mass is 32.1. The van der Waals surface area contributed by atoms with Gasteiger partial charge in [0.15, 0.2) is 0 Å². The van der Waals surface area contributed by atoms with E-state index >= 15 is 0 Å². The Balaban J connectivity index is 2.86. The molecule has 98 valence electrons. The first-order chi connectivity index (χ1) is 8.45. The molecular weight excluding hydrogens is 244 g/mol. The summed E-state index contributed by atoms with van der Waals surface area (Å²) in [4.78, 5) is 14.6. The van der Waals surface area contributed by atoms with Crippen molar-refractivity contribution in [2.45, 2.75) is 27.2 Å². The molecule has 1 aromatic carbocycles. The predicted octanol–water partition coefficient (Wildman–Crippen LogP) is 2.44. The van der Waals surface area contributed by atoms with E-state index in [0.29, 0.717) is 24.5 Å². The number of hydrogen-bond acceptors (Lipinski definition) is 2. The van der Waals surface area contributed by atoms with E-state index in [1.54, 1.807) is 4.90 Å². The number of rotatable bonds is 5. The average Bonchev–Trinajstić information content (AvgIpc) is 2.29. The largest absolute Gasteiger partial charge is 0.393 e. The molecule has 4 heteroatoms. The van der Waals surface area contributed by atoms with E-state index in [9.17, 15) is 4.79 Å². The molecule has 0 unspecified atom stereocenters. The van der Waals surface area contributed by atoms with Crippen LogP contribution in [0.1, 0.15) is 34.8 Å². The molecule has 0 radical (unpaired) electrons. The molecule has 18 heavy (non-hydrogen) atoms. The summed E-state index contributed by atoms with van der Waals surface area (Å²) >= 11 is 4.85. The Morgan fingerprint density at radius 1 is 1.39 bits per heavy atom. The lowest BCUT2D eigenvalue weighted by atomic mass is 10.0. The van der Waals surface area contributed by atoms with Crippen LogP contribution < -0.4 is 5.73 Å². The number of carbonyl (C=O) groups is 1. The highest BCUT2D eigenvalue weighted by Crippen LogP contribution is 2.13. The lowest BCUT2D eigenvalue weighted by Gasteiger charge is -2.21. The van der Waals surface area contributed by atoms with Crippen molar-refractivity contribution < 1.29 is 4.79 Å². The maximum Gasteiger partial charge on any atom is 0.254 e.